The highest BCUT2D eigenvalue weighted by molar-refractivity contribution is 5.93. The minimum atomic E-state index is -0.577. The van der Waals surface area contributed by atoms with Gasteiger partial charge in [-0.25, -0.2) is 0 Å². The van der Waals surface area contributed by atoms with Crippen LogP contribution in [0.1, 0.15) is 16.1 Å². The number of carbonyl (C=O) groups is 1. The quantitative estimate of drug-likeness (QED) is 0.535. The van der Waals surface area contributed by atoms with E-state index in [0.717, 1.165) is 6.20 Å². The maximum Gasteiger partial charge on any atom is 0.287 e. The molecule has 2 rings (SSSR count). The van der Waals surface area contributed by atoms with E-state index in [4.69, 9.17) is 5.73 Å². The Morgan fingerprint density at radius 3 is 2.95 bits per heavy atom. The monoisotopic (exact) mass is 264 g/mol. The van der Waals surface area contributed by atoms with Crippen LogP contribution in [0.25, 0.3) is 0 Å². The molecule has 0 aliphatic rings. The number of carbonyl (C=O) groups excluding carboxylic acids is 1. The number of nitrogen functional groups attached to an aromatic ring is 1. The number of amides is 1. The molecule has 0 spiro atoms. The van der Waals surface area contributed by atoms with E-state index in [9.17, 15) is 14.9 Å². The molecule has 100 valence electrons. The van der Waals surface area contributed by atoms with Gasteiger partial charge in [-0.2, -0.15) is 5.10 Å². The van der Waals surface area contributed by atoms with Gasteiger partial charge in [0, 0.05) is 25.2 Å². The van der Waals surface area contributed by atoms with E-state index in [0.29, 0.717) is 11.4 Å². The molecule has 0 aliphatic heterocycles. The van der Waals surface area contributed by atoms with Crippen LogP contribution >= 0.6 is 0 Å². The van der Waals surface area contributed by atoms with Crippen molar-refractivity contribution in [3.05, 3.63) is 39.8 Å². The molecule has 0 saturated heterocycles. The molecule has 1 amide bonds. The summed E-state index contributed by atoms with van der Waals surface area (Å²) in [5, 5.41) is 17.0. The lowest BCUT2D eigenvalue weighted by atomic mass is 10.3. The summed E-state index contributed by atoms with van der Waals surface area (Å²) in [6.45, 7) is 0.200. The zero-order valence-electron chi connectivity index (χ0n) is 10.1. The SMILES string of the molecule is Cn1ncc(CNC(=O)c2cc([N+](=O)[O-])c[nH]2)c1N. The van der Waals surface area contributed by atoms with Crippen LogP contribution < -0.4 is 11.1 Å². The Morgan fingerprint density at radius 2 is 2.42 bits per heavy atom. The summed E-state index contributed by atoms with van der Waals surface area (Å²) in [5.41, 5.74) is 6.36. The van der Waals surface area contributed by atoms with E-state index >= 15 is 0 Å². The number of aromatic amines is 1. The zero-order valence-corrected chi connectivity index (χ0v) is 10.1. The maximum atomic E-state index is 11.7. The predicted molar refractivity (Wildman–Crippen MR) is 66.2 cm³/mol. The average Bonchev–Trinajstić information content (AvgIpc) is 2.97. The van der Waals surface area contributed by atoms with Gasteiger partial charge >= 0.3 is 0 Å². The number of aryl methyl sites for hydroxylation is 1. The van der Waals surface area contributed by atoms with Crippen LogP contribution in [0.4, 0.5) is 11.5 Å². The molecule has 0 bridgehead atoms. The summed E-state index contributed by atoms with van der Waals surface area (Å²) >= 11 is 0. The Kier molecular flexibility index (Phi) is 3.19. The van der Waals surface area contributed by atoms with Crippen LogP contribution in [-0.4, -0.2) is 25.6 Å². The van der Waals surface area contributed by atoms with E-state index in [-0.39, 0.29) is 17.9 Å². The van der Waals surface area contributed by atoms with Gasteiger partial charge in [0.2, 0.25) is 0 Å². The molecule has 0 unspecified atom stereocenters. The van der Waals surface area contributed by atoms with Crippen molar-refractivity contribution in [2.24, 2.45) is 7.05 Å². The van der Waals surface area contributed by atoms with Crippen molar-refractivity contribution in [2.75, 3.05) is 5.73 Å². The van der Waals surface area contributed by atoms with E-state index in [1.807, 2.05) is 0 Å². The molecule has 9 nitrogen and oxygen atoms in total. The topological polar surface area (TPSA) is 132 Å². The van der Waals surface area contributed by atoms with Gasteiger partial charge in [-0.3, -0.25) is 19.6 Å². The molecule has 9 heteroatoms. The number of nitro groups is 1. The Labute approximate surface area is 107 Å². The molecule has 0 aliphatic carbocycles. The van der Waals surface area contributed by atoms with Crippen molar-refractivity contribution in [2.45, 2.75) is 6.54 Å². The highest BCUT2D eigenvalue weighted by Gasteiger charge is 2.14. The predicted octanol–water partition coefficient (Wildman–Crippen LogP) is 0.169. The molecule has 19 heavy (non-hydrogen) atoms. The first kappa shape index (κ1) is 12.6. The van der Waals surface area contributed by atoms with Gasteiger partial charge in [0.15, 0.2) is 0 Å². The molecule has 0 radical (unpaired) electrons. The molecule has 0 fully saturated rings. The highest BCUT2D eigenvalue weighted by atomic mass is 16.6. The average molecular weight is 264 g/mol. The van der Waals surface area contributed by atoms with Crippen LogP contribution in [0.15, 0.2) is 18.5 Å². The summed E-state index contributed by atoms with van der Waals surface area (Å²) in [5.74, 6) is 0.00844. The van der Waals surface area contributed by atoms with Crippen molar-refractivity contribution in [3.63, 3.8) is 0 Å². The van der Waals surface area contributed by atoms with Gasteiger partial charge in [0.1, 0.15) is 11.5 Å². The molecule has 0 saturated carbocycles. The first-order valence-electron chi connectivity index (χ1n) is 5.36. The van der Waals surface area contributed by atoms with Gasteiger partial charge in [-0.15, -0.1) is 0 Å². The lowest BCUT2D eigenvalue weighted by Gasteiger charge is -2.02. The fourth-order valence-electron chi connectivity index (χ4n) is 1.52. The molecule has 2 aromatic rings. The minimum absolute atomic E-state index is 0.120. The molecular formula is C10H12N6O3. The Balaban J connectivity index is 2.01. The second-order valence-corrected chi connectivity index (χ2v) is 3.89. The summed E-state index contributed by atoms with van der Waals surface area (Å²) in [6, 6.07) is 1.17. The van der Waals surface area contributed by atoms with Crippen LogP contribution in [0, 0.1) is 10.1 Å². The van der Waals surface area contributed by atoms with Crippen molar-refractivity contribution in [1.82, 2.24) is 20.1 Å². The summed E-state index contributed by atoms with van der Waals surface area (Å²) < 4.78 is 1.49. The normalized spacial score (nSPS) is 10.4. The fourth-order valence-corrected chi connectivity index (χ4v) is 1.52. The number of nitrogens with zero attached hydrogens (tertiary/aromatic N) is 3. The molecule has 4 N–H and O–H groups in total. The van der Waals surface area contributed by atoms with E-state index in [1.165, 1.54) is 10.7 Å². The number of aromatic nitrogens is 3. The summed E-state index contributed by atoms with van der Waals surface area (Å²) in [7, 11) is 1.69. The van der Waals surface area contributed by atoms with E-state index in [2.05, 4.69) is 15.4 Å². The maximum absolute atomic E-state index is 11.7. The molecule has 2 aromatic heterocycles. The number of H-pyrrole nitrogens is 1. The largest absolute Gasteiger partial charge is 0.384 e. The third-order valence-electron chi connectivity index (χ3n) is 2.63. The third kappa shape index (κ3) is 2.54. The summed E-state index contributed by atoms with van der Waals surface area (Å²) in [6.07, 6.45) is 2.71. The third-order valence-corrected chi connectivity index (χ3v) is 2.63. The van der Waals surface area contributed by atoms with Crippen molar-refractivity contribution < 1.29 is 9.72 Å². The summed E-state index contributed by atoms with van der Waals surface area (Å²) in [4.78, 5) is 24.2. The smallest absolute Gasteiger partial charge is 0.287 e. The zero-order chi connectivity index (χ0) is 14.0. The van der Waals surface area contributed by atoms with Crippen LogP contribution in [0.3, 0.4) is 0 Å². The highest BCUT2D eigenvalue weighted by Crippen LogP contribution is 2.13. The van der Waals surface area contributed by atoms with E-state index in [1.54, 1.807) is 13.2 Å². The van der Waals surface area contributed by atoms with Crippen LogP contribution in [0.2, 0.25) is 0 Å². The lowest BCUT2D eigenvalue weighted by molar-refractivity contribution is -0.384. The molecular weight excluding hydrogens is 252 g/mol. The number of hydrogen-bond acceptors (Lipinski definition) is 5. The second-order valence-electron chi connectivity index (χ2n) is 3.89. The molecule has 0 atom stereocenters. The number of anilines is 1. The standard InChI is InChI=1S/C10H12N6O3/c1-15-9(11)6(4-14-15)3-13-10(17)8-2-7(5-12-8)16(18)19/h2,4-5,12H,3,11H2,1H3,(H,13,17). The fraction of sp³-hybridized carbons (Fsp3) is 0.200. The first-order valence-corrected chi connectivity index (χ1v) is 5.36. The van der Waals surface area contributed by atoms with Crippen LogP contribution in [-0.2, 0) is 13.6 Å². The number of rotatable bonds is 4. The van der Waals surface area contributed by atoms with Crippen LogP contribution in [0.5, 0.6) is 0 Å². The Morgan fingerprint density at radius 1 is 1.68 bits per heavy atom. The molecule has 2 heterocycles. The van der Waals surface area contributed by atoms with Gasteiger partial charge in [0.25, 0.3) is 11.6 Å². The van der Waals surface area contributed by atoms with E-state index < -0.39 is 10.8 Å². The second kappa shape index (κ2) is 4.80. The number of hydrogen-bond donors (Lipinski definition) is 3. The van der Waals surface area contributed by atoms with Gasteiger partial charge in [-0.1, -0.05) is 0 Å². The van der Waals surface area contributed by atoms with Crippen molar-refractivity contribution in [3.8, 4) is 0 Å². The van der Waals surface area contributed by atoms with Gasteiger partial charge in [0.05, 0.1) is 17.3 Å². The number of nitrogens with two attached hydrogens (primary N) is 1. The lowest BCUT2D eigenvalue weighted by Crippen LogP contribution is -2.23. The van der Waals surface area contributed by atoms with Gasteiger partial charge < -0.3 is 16.0 Å². The van der Waals surface area contributed by atoms with Crippen molar-refractivity contribution >= 4 is 17.4 Å². The minimum Gasteiger partial charge on any atom is -0.384 e. The first-order chi connectivity index (χ1) is 8.99. The Bertz CT molecular complexity index is 629. The molecule has 0 aromatic carbocycles. The number of nitrogens with one attached hydrogen (secondary N) is 2. The van der Waals surface area contributed by atoms with Crippen molar-refractivity contribution in [1.29, 1.82) is 0 Å². The van der Waals surface area contributed by atoms with Gasteiger partial charge in [-0.05, 0) is 0 Å². The Hall–Kier alpha value is -2.84.